The van der Waals surface area contributed by atoms with Crippen LogP contribution in [0.3, 0.4) is 0 Å². The van der Waals surface area contributed by atoms with E-state index in [1.54, 1.807) is 0 Å². The summed E-state index contributed by atoms with van der Waals surface area (Å²) in [6.07, 6.45) is 1.20. The first-order valence-electron chi connectivity index (χ1n) is 7.62. The molecule has 3 nitrogen and oxygen atoms in total. The maximum atomic E-state index is 3.68. The van der Waals surface area contributed by atoms with Gasteiger partial charge in [-0.05, 0) is 59.5 Å². The van der Waals surface area contributed by atoms with Crippen molar-refractivity contribution in [3.8, 4) is 0 Å². The highest BCUT2D eigenvalue weighted by Crippen LogP contribution is 2.27. The number of nitrogens with zero attached hydrogens (tertiary/aromatic N) is 2. The van der Waals surface area contributed by atoms with Crippen molar-refractivity contribution in [2.24, 2.45) is 0 Å². The molecule has 0 radical (unpaired) electrons. The van der Waals surface area contributed by atoms with E-state index in [-0.39, 0.29) is 5.54 Å². The fourth-order valence-electron chi connectivity index (χ4n) is 2.89. The standard InChI is InChI=1S/C17H29N3/c1-14-7-8-16-15(11-14)12-18-17(2,3)13-20(16)10-6-9-19(4)5/h7-8,11,18H,6,9-10,12-13H2,1-5H3. The molecule has 0 bridgehead atoms. The number of nitrogens with one attached hydrogen (secondary N) is 1. The van der Waals surface area contributed by atoms with Gasteiger partial charge < -0.3 is 15.1 Å². The van der Waals surface area contributed by atoms with Crippen molar-refractivity contribution in [3.05, 3.63) is 29.3 Å². The van der Waals surface area contributed by atoms with Crippen LogP contribution >= 0.6 is 0 Å². The van der Waals surface area contributed by atoms with Gasteiger partial charge in [0, 0.05) is 30.9 Å². The van der Waals surface area contributed by atoms with Gasteiger partial charge in [-0.2, -0.15) is 0 Å². The van der Waals surface area contributed by atoms with Crippen LogP contribution < -0.4 is 10.2 Å². The Hall–Kier alpha value is -1.06. The Labute approximate surface area is 124 Å². The van der Waals surface area contributed by atoms with Gasteiger partial charge in [-0.25, -0.2) is 0 Å². The van der Waals surface area contributed by atoms with Crippen LogP contribution in [-0.4, -0.2) is 44.2 Å². The predicted molar refractivity (Wildman–Crippen MR) is 87.5 cm³/mol. The summed E-state index contributed by atoms with van der Waals surface area (Å²) in [5, 5.41) is 3.68. The summed E-state index contributed by atoms with van der Waals surface area (Å²) in [6.45, 7) is 11.1. The van der Waals surface area contributed by atoms with Crippen LogP contribution in [0.2, 0.25) is 0 Å². The minimum atomic E-state index is 0.158. The van der Waals surface area contributed by atoms with Gasteiger partial charge in [0.25, 0.3) is 0 Å². The Morgan fingerprint density at radius 1 is 1.30 bits per heavy atom. The molecule has 1 aromatic rings. The molecule has 2 rings (SSSR count). The molecule has 0 fully saturated rings. The Kier molecular flexibility index (Phi) is 4.71. The Balaban J connectivity index is 2.18. The molecule has 0 amide bonds. The fraction of sp³-hybridized carbons (Fsp3) is 0.647. The zero-order chi connectivity index (χ0) is 14.8. The summed E-state index contributed by atoms with van der Waals surface area (Å²) in [5.41, 5.74) is 4.34. The van der Waals surface area contributed by atoms with Gasteiger partial charge in [-0.3, -0.25) is 0 Å². The van der Waals surface area contributed by atoms with Gasteiger partial charge in [-0.1, -0.05) is 17.7 Å². The smallest absolute Gasteiger partial charge is 0.0412 e. The molecule has 1 N–H and O–H groups in total. The Morgan fingerprint density at radius 3 is 2.75 bits per heavy atom. The first-order chi connectivity index (χ1) is 9.37. The van der Waals surface area contributed by atoms with Crippen LogP contribution in [0.4, 0.5) is 5.69 Å². The van der Waals surface area contributed by atoms with E-state index in [1.165, 1.54) is 23.2 Å². The SMILES string of the molecule is Cc1ccc2c(c1)CNC(C)(C)CN2CCCN(C)C. The first kappa shape index (κ1) is 15.3. The third-order valence-electron chi connectivity index (χ3n) is 3.95. The van der Waals surface area contributed by atoms with E-state index in [2.05, 4.69) is 68.2 Å². The lowest BCUT2D eigenvalue weighted by Crippen LogP contribution is -2.47. The summed E-state index contributed by atoms with van der Waals surface area (Å²) in [7, 11) is 4.29. The maximum Gasteiger partial charge on any atom is 0.0412 e. The highest BCUT2D eigenvalue weighted by molar-refractivity contribution is 5.56. The molecule has 0 spiro atoms. The van der Waals surface area contributed by atoms with E-state index in [1.807, 2.05) is 0 Å². The van der Waals surface area contributed by atoms with Crippen LogP contribution in [0.1, 0.15) is 31.4 Å². The number of benzene rings is 1. The third kappa shape index (κ3) is 3.97. The second-order valence-electron chi connectivity index (χ2n) is 6.95. The van der Waals surface area contributed by atoms with Crippen molar-refractivity contribution in [1.82, 2.24) is 10.2 Å². The molecule has 0 aromatic heterocycles. The predicted octanol–water partition coefficient (Wildman–Crippen LogP) is 2.63. The van der Waals surface area contributed by atoms with Crippen LogP contribution in [-0.2, 0) is 6.54 Å². The second-order valence-corrected chi connectivity index (χ2v) is 6.95. The van der Waals surface area contributed by atoms with Gasteiger partial charge >= 0.3 is 0 Å². The minimum absolute atomic E-state index is 0.158. The Bertz CT molecular complexity index is 452. The molecular formula is C17H29N3. The number of hydrogen-bond acceptors (Lipinski definition) is 3. The van der Waals surface area contributed by atoms with E-state index < -0.39 is 0 Å². The average molecular weight is 275 g/mol. The lowest BCUT2D eigenvalue weighted by molar-refractivity contribution is 0.379. The summed E-state index contributed by atoms with van der Waals surface area (Å²) < 4.78 is 0. The number of rotatable bonds is 4. The van der Waals surface area contributed by atoms with Crippen molar-refractivity contribution >= 4 is 5.69 Å². The molecule has 3 heteroatoms. The van der Waals surface area contributed by atoms with E-state index >= 15 is 0 Å². The quantitative estimate of drug-likeness (QED) is 0.911. The van der Waals surface area contributed by atoms with Gasteiger partial charge in [0.2, 0.25) is 0 Å². The summed E-state index contributed by atoms with van der Waals surface area (Å²) in [6, 6.07) is 6.85. The largest absolute Gasteiger partial charge is 0.369 e. The van der Waals surface area contributed by atoms with Crippen molar-refractivity contribution in [3.63, 3.8) is 0 Å². The van der Waals surface area contributed by atoms with Crippen LogP contribution in [0.25, 0.3) is 0 Å². The molecule has 0 atom stereocenters. The molecule has 1 aromatic carbocycles. The third-order valence-corrected chi connectivity index (χ3v) is 3.95. The Morgan fingerprint density at radius 2 is 2.05 bits per heavy atom. The highest BCUT2D eigenvalue weighted by atomic mass is 15.2. The average Bonchev–Trinajstić information content (AvgIpc) is 2.46. The van der Waals surface area contributed by atoms with Gasteiger partial charge in [0.05, 0.1) is 0 Å². The van der Waals surface area contributed by atoms with Crippen LogP contribution in [0, 0.1) is 6.92 Å². The van der Waals surface area contributed by atoms with Gasteiger partial charge in [0.1, 0.15) is 0 Å². The fourth-order valence-corrected chi connectivity index (χ4v) is 2.89. The van der Waals surface area contributed by atoms with E-state index in [9.17, 15) is 0 Å². The number of fused-ring (bicyclic) bond motifs is 1. The molecule has 0 unspecified atom stereocenters. The zero-order valence-corrected chi connectivity index (χ0v) is 13.7. The van der Waals surface area contributed by atoms with Crippen LogP contribution in [0.5, 0.6) is 0 Å². The van der Waals surface area contributed by atoms with E-state index in [0.717, 1.165) is 26.2 Å². The lowest BCUT2D eigenvalue weighted by Gasteiger charge is -2.32. The van der Waals surface area contributed by atoms with Gasteiger partial charge in [0.15, 0.2) is 0 Å². The van der Waals surface area contributed by atoms with Crippen LogP contribution in [0.15, 0.2) is 18.2 Å². The second kappa shape index (κ2) is 6.15. The van der Waals surface area contributed by atoms with Crippen molar-refractivity contribution in [2.45, 2.75) is 39.3 Å². The summed E-state index contributed by atoms with van der Waals surface area (Å²) >= 11 is 0. The first-order valence-corrected chi connectivity index (χ1v) is 7.62. The number of aryl methyl sites for hydroxylation is 1. The molecule has 1 aliphatic heterocycles. The lowest BCUT2D eigenvalue weighted by atomic mass is 10.1. The zero-order valence-electron chi connectivity index (χ0n) is 13.7. The topological polar surface area (TPSA) is 18.5 Å². The molecule has 1 aliphatic rings. The normalized spacial score (nSPS) is 18.0. The van der Waals surface area contributed by atoms with Crippen molar-refractivity contribution < 1.29 is 0 Å². The highest BCUT2D eigenvalue weighted by Gasteiger charge is 2.26. The molecule has 1 heterocycles. The molecule has 0 saturated carbocycles. The van der Waals surface area contributed by atoms with E-state index in [0.29, 0.717) is 0 Å². The van der Waals surface area contributed by atoms with Crippen molar-refractivity contribution in [1.29, 1.82) is 0 Å². The monoisotopic (exact) mass is 275 g/mol. The van der Waals surface area contributed by atoms with Gasteiger partial charge in [-0.15, -0.1) is 0 Å². The summed E-state index contributed by atoms with van der Waals surface area (Å²) in [4.78, 5) is 4.82. The minimum Gasteiger partial charge on any atom is -0.369 e. The maximum absolute atomic E-state index is 3.68. The summed E-state index contributed by atoms with van der Waals surface area (Å²) in [5.74, 6) is 0. The molecule has 20 heavy (non-hydrogen) atoms. The number of anilines is 1. The molecule has 0 saturated heterocycles. The van der Waals surface area contributed by atoms with E-state index in [4.69, 9.17) is 0 Å². The number of hydrogen-bond donors (Lipinski definition) is 1. The van der Waals surface area contributed by atoms with Crippen molar-refractivity contribution in [2.75, 3.05) is 38.6 Å². The molecular weight excluding hydrogens is 246 g/mol. The molecule has 112 valence electrons. The molecule has 0 aliphatic carbocycles.